The van der Waals surface area contributed by atoms with Crippen LogP contribution in [0.3, 0.4) is 0 Å². The van der Waals surface area contributed by atoms with Crippen molar-refractivity contribution < 1.29 is 14.3 Å². The van der Waals surface area contributed by atoms with Crippen molar-refractivity contribution in [1.82, 2.24) is 21.3 Å². The summed E-state index contributed by atoms with van der Waals surface area (Å²) in [4.78, 5) is 25.7. The molecule has 0 aliphatic heterocycles. The van der Waals surface area contributed by atoms with E-state index in [4.69, 9.17) is 10.5 Å². The molecule has 4 fully saturated rings. The summed E-state index contributed by atoms with van der Waals surface area (Å²) in [6, 6.07) is 9.88. The van der Waals surface area contributed by atoms with Gasteiger partial charge in [-0.05, 0) is 155 Å². The first-order chi connectivity index (χ1) is 24.2. The molecule has 4 aliphatic carbocycles. The van der Waals surface area contributed by atoms with E-state index in [1.165, 1.54) is 71.3 Å². The van der Waals surface area contributed by atoms with Crippen LogP contribution in [-0.4, -0.2) is 70.3 Å². The molecule has 1 aromatic rings. The standard InChI is InChI=1S/C42H71N5O3/c1-30(12-17-39(48)47-38(40(49)50-4)28-31-10-6-5-7-11-31)35-15-16-36-34-14-13-32-29-33(46-25-9-24-45-27-26-44-23-8-22-43)18-20-41(32,2)37(34)19-21-42(35,36)3/h5-7,10-11,30,32-38,44-46H,8-9,12-29,43H2,1-4H3,(H,47,48)/t30-,32-,33+,34?,35-,36?,37?,38+,41+,42-/m1/s1. The molecule has 50 heavy (non-hydrogen) atoms. The van der Waals surface area contributed by atoms with Gasteiger partial charge in [-0.2, -0.15) is 0 Å². The highest BCUT2D eigenvalue weighted by molar-refractivity contribution is 5.84. The van der Waals surface area contributed by atoms with Gasteiger partial charge in [-0.25, -0.2) is 4.79 Å². The maximum atomic E-state index is 13.1. The van der Waals surface area contributed by atoms with E-state index in [1.54, 1.807) is 0 Å². The predicted molar refractivity (Wildman–Crippen MR) is 204 cm³/mol. The number of hydrogen-bond acceptors (Lipinski definition) is 7. The van der Waals surface area contributed by atoms with Gasteiger partial charge in [0.25, 0.3) is 0 Å². The normalized spacial score (nSPS) is 33.1. The highest BCUT2D eigenvalue weighted by atomic mass is 16.5. The van der Waals surface area contributed by atoms with Crippen molar-refractivity contribution >= 4 is 11.9 Å². The van der Waals surface area contributed by atoms with E-state index in [1.807, 2.05) is 30.3 Å². The van der Waals surface area contributed by atoms with E-state index >= 15 is 0 Å². The summed E-state index contributed by atoms with van der Waals surface area (Å²) in [6.07, 6.45) is 16.3. The maximum absolute atomic E-state index is 13.1. The van der Waals surface area contributed by atoms with Crippen LogP contribution in [0.4, 0.5) is 0 Å². The number of benzene rings is 1. The third kappa shape index (κ3) is 9.50. The Morgan fingerprint density at radius 2 is 1.60 bits per heavy atom. The van der Waals surface area contributed by atoms with Gasteiger partial charge in [-0.15, -0.1) is 0 Å². The fourth-order valence-corrected chi connectivity index (χ4v) is 11.6. The van der Waals surface area contributed by atoms with Crippen LogP contribution in [0.1, 0.15) is 110 Å². The van der Waals surface area contributed by atoms with Crippen LogP contribution < -0.4 is 27.0 Å². The summed E-state index contributed by atoms with van der Waals surface area (Å²) in [5.41, 5.74) is 7.46. The monoisotopic (exact) mass is 694 g/mol. The third-order valence-electron chi connectivity index (χ3n) is 14.4. The van der Waals surface area contributed by atoms with Crippen molar-refractivity contribution in [3.63, 3.8) is 0 Å². The van der Waals surface area contributed by atoms with Crippen LogP contribution in [0.15, 0.2) is 30.3 Å². The number of esters is 1. The number of nitrogens with one attached hydrogen (secondary N) is 4. The van der Waals surface area contributed by atoms with Gasteiger partial charge in [-0.3, -0.25) is 4.79 Å². The van der Waals surface area contributed by atoms with E-state index in [0.29, 0.717) is 41.5 Å². The Hall–Kier alpha value is -2.00. The molecule has 282 valence electrons. The number of hydrogen-bond donors (Lipinski definition) is 5. The Labute approximate surface area is 304 Å². The van der Waals surface area contributed by atoms with Gasteiger partial charge >= 0.3 is 5.97 Å². The van der Waals surface area contributed by atoms with Crippen LogP contribution in [-0.2, 0) is 20.7 Å². The van der Waals surface area contributed by atoms with Crippen molar-refractivity contribution in [1.29, 1.82) is 0 Å². The molecule has 6 N–H and O–H groups in total. The smallest absolute Gasteiger partial charge is 0.328 e. The Morgan fingerprint density at radius 3 is 2.34 bits per heavy atom. The number of methoxy groups -OCH3 is 1. The van der Waals surface area contributed by atoms with Crippen molar-refractivity contribution in [2.45, 2.75) is 123 Å². The largest absolute Gasteiger partial charge is 0.467 e. The van der Waals surface area contributed by atoms with Crippen molar-refractivity contribution in [2.24, 2.45) is 52.1 Å². The second kappa shape index (κ2) is 18.7. The molecule has 0 radical (unpaired) electrons. The molecule has 10 atom stereocenters. The predicted octanol–water partition coefficient (Wildman–Crippen LogP) is 5.84. The Balaban J connectivity index is 1.06. The molecule has 8 nitrogen and oxygen atoms in total. The molecule has 4 aliphatic rings. The zero-order valence-electron chi connectivity index (χ0n) is 31.9. The molecule has 0 saturated heterocycles. The number of carbonyl (C=O) groups is 2. The molecular formula is C42H71N5O3. The highest BCUT2D eigenvalue weighted by Crippen LogP contribution is 2.68. The van der Waals surface area contributed by atoms with E-state index in [2.05, 4.69) is 42.0 Å². The van der Waals surface area contributed by atoms with Gasteiger partial charge in [0, 0.05) is 32.0 Å². The minimum absolute atomic E-state index is 0.0399. The second-order valence-corrected chi connectivity index (χ2v) is 17.2. The maximum Gasteiger partial charge on any atom is 0.328 e. The fourth-order valence-electron chi connectivity index (χ4n) is 11.6. The molecule has 4 saturated carbocycles. The van der Waals surface area contributed by atoms with Gasteiger partial charge in [0.05, 0.1) is 7.11 Å². The first-order valence-corrected chi connectivity index (χ1v) is 20.5. The first kappa shape index (κ1) is 39.2. The van der Waals surface area contributed by atoms with Crippen LogP contribution in [0.2, 0.25) is 0 Å². The summed E-state index contributed by atoms with van der Waals surface area (Å²) in [5, 5.41) is 14.0. The molecule has 3 unspecified atom stereocenters. The highest BCUT2D eigenvalue weighted by Gasteiger charge is 2.60. The molecule has 5 rings (SSSR count). The molecule has 0 heterocycles. The number of rotatable bonds is 19. The molecule has 0 aromatic heterocycles. The van der Waals surface area contributed by atoms with Crippen molar-refractivity contribution in [3.8, 4) is 0 Å². The lowest BCUT2D eigenvalue weighted by Crippen LogP contribution is -2.55. The quantitative estimate of drug-likeness (QED) is 0.0914. The van der Waals surface area contributed by atoms with Gasteiger partial charge in [-0.1, -0.05) is 51.1 Å². The van der Waals surface area contributed by atoms with Crippen LogP contribution >= 0.6 is 0 Å². The SMILES string of the molecule is COC(=O)[C@H](Cc1ccccc1)NC(=O)CC[C@@H](C)[C@H]1CCC2C3CC[C@@H]4C[C@@H](NCCCNCCNCCCN)CC[C@]4(C)C3CC[C@@]21C. The molecule has 0 bridgehead atoms. The summed E-state index contributed by atoms with van der Waals surface area (Å²) in [7, 11) is 1.39. The van der Waals surface area contributed by atoms with Crippen molar-refractivity contribution in [3.05, 3.63) is 35.9 Å². The number of nitrogens with two attached hydrogens (primary N) is 1. The summed E-state index contributed by atoms with van der Waals surface area (Å²) in [6.45, 7) is 13.7. The topological polar surface area (TPSA) is 118 Å². The van der Waals surface area contributed by atoms with Gasteiger partial charge in [0.15, 0.2) is 0 Å². The Kier molecular flexibility index (Phi) is 14.6. The van der Waals surface area contributed by atoms with Gasteiger partial charge < -0.3 is 31.7 Å². The number of ether oxygens (including phenoxy) is 1. The third-order valence-corrected chi connectivity index (χ3v) is 14.4. The second-order valence-electron chi connectivity index (χ2n) is 17.2. The minimum atomic E-state index is -0.650. The lowest BCUT2D eigenvalue weighted by atomic mass is 9.44. The molecule has 1 amide bonds. The number of fused-ring (bicyclic) bond motifs is 5. The minimum Gasteiger partial charge on any atom is -0.467 e. The van der Waals surface area contributed by atoms with E-state index in [0.717, 1.165) is 81.3 Å². The average molecular weight is 694 g/mol. The van der Waals surface area contributed by atoms with Gasteiger partial charge in [0.1, 0.15) is 6.04 Å². The number of amides is 1. The number of carbonyl (C=O) groups excluding carboxylic acids is 2. The fraction of sp³-hybridized carbons (Fsp3) is 0.810. The van der Waals surface area contributed by atoms with E-state index < -0.39 is 6.04 Å². The summed E-state index contributed by atoms with van der Waals surface area (Å²) < 4.78 is 5.03. The van der Waals surface area contributed by atoms with Gasteiger partial charge in [0.2, 0.25) is 5.91 Å². The molecule has 8 heteroatoms. The van der Waals surface area contributed by atoms with E-state index in [-0.39, 0.29) is 11.9 Å². The average Bonchev–Trinajstić information content (AvgIpc) is 3.48. The Bertz CT molecular complexity index is 1200. The molecular weight excluding hydrogens is 622 g/mol. The van der Waals surface area contributed by atoms with Crippen molar-refractivity contribution in [2.75, 3.05) is 46.4 Å². The first-order valence-electron chi connectivity index (χ1n) is 20.5. The zero-order valence-corrected chi connectivity index (χ0v) is 31.9. The van der Waals surface area contributed by atoms with Crippen LogP contribution in [0.5, 0.6) is 0 Å². The van der Waals surface area contributed by atoms with Crippen LogP contribution in [0, 0.1) is 46.3 Å². The molecule has 1 aromatic carbocycles. The molecule has 0 spiro atoms. The summed E-state index contributed by atoms with van der Waals surface area (Å²) in [5.74, 6) is 4.19. The van der Waals surface area contributed by atoms with E-state index in [9.17, 15) is 9.59 Å². The Morgan fingerprint density at radius 1 is 0.880 bits per heavy atom. The summed E-state index contributed by atoms with van der Waals surface area (Å²) >= 11 is 0. The zero-order chi connectivity index (χ0) is 35.6. The lowest BCUT2D eigenvalue weighted by Gasteiger charge is -2.61. The lowest BCUT2D eigenvalue weighted by molar-refractivity contribution is -0.145. The van der Waals surface area contributed by atoms with Crippen LogP contribution in [0.25, 0.3) is 0 Å².